The number of pyridine rings is 1. The second-order valence-corrected chi connectivity index (χ2v) is 11.6. The lowest BCUT2D eigenvalue weighted by atomic mass is 9.90. The molecule has 10 nitrogen and oxygen atoms in total. The van der Waals surface area contributed by atoms with E-state index in [2.05, 4.69) is 15.0 Å². The summed E-state index contributed by atoms with van der Waals surface area (Å²) in [5, 5.41) is 9.76. The second-order valence-electron chi connectivity index (χ2n) is 11.2. The van der Waals surface area contributed by atoms with Crippen molar-refractivity contribution in [1.29, 1.82) is 0 Å². The molecular weight excluding hydrogens is 570 g/mol. The fourth-order valence-electron chi connectivity index (χ4n) is 6.06. The molecule has 2 saturated heterocycles. The first kappa shape index (κ1) is 27.0. The molecule has 1 N–H and O–H groups in total. The zero-order chi connectivity index (χ0) is 29.0. The summed E-state index contributed by atoms with van der Waals surface area (Å²) < 4.78 is 42.2. The lowest BCUT2D eigenvalue weighted by Gasteiger charge is -2.34. The molecule has 3 aliphatic rings. The van der Waals surface area contributed by atoms with Crippen LogP contribution in [0.4, 0.5) is 14.6 Å². The number of rotatable bonds is 8. The van der Waals surface area contributed by atoms with Gasteiger partial charge in [-0.25, -0.2) is 28.5 Å². The molecule has 218 valence electrons. The fraction of sp³-hybridized carbons (Fsp3) is 0.414. The average Bonchev–Trinajstić information content (AvgIpc) is 3.52. The molecule has 42 heavy (non-hydrogen) atoms. The third-order valence-electron chi connectivity index (χ3n) is 8.66. The van der Waals surface area contributed by atoms with Crippen molar-refractivity contribution in [3.8, 4) is 6.01 Å². The molecule has 13 heteroatoms. The minimum Gasteiger partial charge on any atom is -0.477 e. The van der Waals surface area contributed by atoms with Gasteiger partial charge in [0, 0.05) is 36.2 Å². The first-order valence-corrected chi connectivity index (χ1v) is 14.2. The number of hydrogen-bond acceptors (Lipinski definition) is 8. The Kier molecular flexibility index (Phi) is 6.69. The van der Waals surface area contributed by atoms with Crippen LogP contribution in [0.15, 0.2) is 36.5 Å². The van der Waals surface area contributed by atoms with E-state index >= 15 is 0 Å². The smallest absolute Gasteiger partial charge is 0.354 e. The van der Waals surface area contributed by atoms with E-state index < -0.39 is 17.6 Å². The minimum atomic E-state index is -1.08. The van der Waals surface area contributed by atoms with Gasteiger partial charge in [-0.3, -0.25) is 0 Å². The molecule has 7 rings (SSSR count). The maximum absolute atomic E-state index is 14.8. The average molecular weight is 597 g/mol. The molecule has 3 fully saturated rings. The minimum absolute atomic E-state index is 0.0146. The summed E-state index contributed by atoms with van der Waals surface area (Å²) in [6.45, 7) is 2.35. The van der Waals surface area contributed by atoms with Gasteiger partial charge < -0.3 is 24.0 Å². The number of anilines is 1. The van der Waals surface area contributed by atoms with Crippen molar-refractivity contribution in [3.05, 3.63) is 70.3 Å². The Hall–Kier alpha value is -3.90. The molecule has 2 aliphatic heterocycles. The number of imidazole rings is 1. The predicted octanol–water partition coefficient (Wildman–Crippen LogP) is 4.99. The van der Waals surface area contributed by atoms with Crippen molar-refractivity contribution < 1.29 is 28.2 Å². The number of fused-ring (bicyclic) bond motifs is 1. The first-order chi connectivity index (χ1) is 20.3. The number of nitrogens with zero attached hydrogens (tertiary/aromatic N) is 6. The summed E-state index contributed by atoms with van der Waals surface area (Å²) in [5.74, 6) is -0.886. The number of carboxylic acids is 1. The van der Waals surface area contributed by atoms with Crippen LogP contribution in [0, 0.1) is 17.0 Å². The van der Waals surface area contributed by atoms with Crippen LogP contribution < -0.4 is 9.64 Å². The van der Waals surface area contributed by atoms with Gasteiger partial charge in [0.15, 0.2) is 23.0 Å². The normalized spacial score (nSPS) is 21.0. The van der Waals surface area contributed by atoms with Crippen LogP contribution in [0.1, 0.15) is 53.5 Å². The maximum Gasteiger partial charge on any atom is 0.354 e. The largest absolute Gasteiger partial charge is 0.477 e. The van der Waals surface area contributed by atoms with Crippen LogP contribution >= 0.6 is 11.6 Å². The van der Waals surface area contributed by atoms with Crippen LogP contribution in [-0.4, -0.2) is 61.4 Å². The van der Waals surface area contributed by atoms with E-state index in [-0.39, 0.29) is 52.2 Å². The van der Waals surface area contributed by atoms with Gasteiger partial charge in [-0.05, 0) is 55.4 Å². The van der Waals surface area contributed by atoms with Gasteiger partial charge in [0.05, 0.1) is 18.8 Å². The van der Waals surface area contributed by atoms with E-state index in [0.29, 0.717) is 37.4 Å². The highest BCUT2D eigenvalue weighted by molar-refractivity contribution is 6.30. The van der Waals surface area contributed by atoms with E-state index in [9.17, 15) is 18.7 Å². The number of halogens is 3. The van der Waals surface area contributed by atoms with E-state index in [1.54, 1.807) is 12.1 Å². The molecule has 0 unspecified atom stereocenters. The van der Waals surface area contributed by atoms with E-state index in [1.165, 1.54) is 18.2 Å². The molecule has 1 saturated carbocycles. The Balaban J connectivity index is 1.07. The van der Waals surface area contributed by atoms with Gasteiger partial charge in [-0.1, -0.05) is 17.7 Å². The van der Waals surface area contributed by atoms with Crippen LogP contribution in [0.3, 0.4) is 0 Å². The highest BCUT2D eigenvalue weighted by Crippen LogP contribution is 2.65. The lowest BCUT2D eigenvalue weighted by molar-refractivity contribution is -0.0591. The van der Waals surface area contributed by atoms with Gasteiger partial charge in [0.25, 0.3) is 0 Å². The number of piperidine rings is 1. The number of ether oxygens (including phenoxy) is 2. The Morgan fingerprint density at radius 1 is 1.14 bits per heavy atom. The number of benzene rings is 1. The maximum atomic E-state index is 14.8. The van der Waals surface area contributed by atoms with Crippen LogP contribution in [0.25, 0.3) is 11.2 Å². The van der Waals surface area contributed by atoms with Gasteiger partial charge in [0.1, 0.15) is 23.8 Å². The molecule has 4 aromatic rings. The Morgan fingerprint density at radius 3 is 2.67 bits per heavy atom. The molecule has 1 aromatic carbocycles. The third kappa shape index (κ3) is 4.92. The van der Waals surface area contributed by atoms with Crippen molar-refractivity contribution in [2.75, 3.05) is 24.6 Å². The van der Waals surface area contributed by atoms with Crippen LogP contribution in [0.5, 0.6) is 6.01 Å². The summed E-state index contributed by atoms with van der Waals surface area (Å²) in [5.41, 5.74) is 1.52. The topological polar surface area (TPSA) is 115 Å². The van der Waals surface area contributed by atoms with E-state index in [1.807, 2.05) is 9.47 Å². The second kappa shape index (κ2) is 10.4. The van der Waals surface area contributed by atoms with Crippen molar-refractivity contribution in [1.82, 2.24) is 24.5 Å². The number of aromatic carboxylic acids is 1. The van der Waals surface area contributed by atoms with Crippen molar-refractivity contribution in [3.63, 3.8) is 0 Å². The standard InChI is InChI=1S/C29H27ClF2N6O4/c30-17-2-1-16(20(31)11-17)15-42-28-33-13-21(32)25(36-28)37-8-6-29(7-9-37)12-19(29)24-34-22-3-4-23(27(39)40)35-26(22)38(24)14-18-5-10-41-18/h1-4,11,13,18-19H,5-10,12,14-15H2,(H,39,40)/t18-,19+/m0/s1. The molecule has 1 spiro atoms. The van der Waals surface area contributed by atoms with Crippen molar-refractivity contribution in [2.24, 2.45) is 5.41 Å². The Morgan fingerprint density at radius 2 is 1.95 bits per heavy atom. The summed E-state index contributed by atoms with van der Waals surface area (Å²) in [4.78, 5) is 31.0. The first-order valence-electron chi connectivity index (χ1n) is 13.9. The van der Waals surface area contributed by atoms with E-state index in [0.717, 1.165) is 37.7 Å². The van der Waals surface area contributed by atoms with E-state index in [4.69, 9.17) is 26.1 Å². The number of aromatic nitrogens is 5. The summed E-state index contributed by atoms with van der Waals surface area (Å²) in [6, 6.07) is 7.44. The summed E-state index contributed by atoms with van der Waals surface area (Å²) in [6.07, 6.45) is 4.63. The molecular formula is C29H27ClF2N6O4. The zero-order valence-corrected chi connectivity index (χ0v) is 23.2. The molecule has 0 radical (unpaired) electrons. The van der Waals surface area contributed by atoms with Crippen LogP contribution in [0.2, 0.25) is 5.02 Å². The molecule has 1 aliphatic carbocycles. The van der Waals surface area contributed by atoms with Gasteiger partial charge in [0.2, 0.25) is 0 Å². The van der Waals surface area contributed by atoms with Crippen LogP contribution in [-0.2, 0) is 17.9 Å². The van der Waals surface area contributed by atoms with Crippen molar-refractivity contribution >= 4 is 34.6 Å². The quantitative estimate of drug-likeness (QED) is 0.300. The monoisotopic (exact) mass is 596 g/mol. The fourth-order valence-corrected chi connectivity index (χ4v) is 6.22. The lowest BCUT2D eigenvalue weighted by Crippen LogP contribution is -2.36. The van der Waals surface area contributed by atoms with Gasteiger partial charge in [-0.2, -0.15) is 4.98 Å². The molecule has 5 heterocycles. The van der Waals surface area contributed by atoms with Crippen molar-refractivity contribution in [2.45, 2.75) is 50.9 Å². The number of hydrogen-bond donors (Lipinski definition) is 1. The summed E-state index contributed by atoms with van der Waals surface area (Å²) in [7, 11) is 0. The number of carbonyl (C=O) groups is 1. The third-order valence-corrected chi connectivity index (χ3v) is 8.89. The zero-order valence-electron chi connectivity index (χ0n) is 22.5. The van der Waals surface area contributed by atoms with Gasteiger partial charge >= 0.3 is 12.0 Å². The molecule has 0 bridgehead atoms. The summed E-state index contributed by atoms with van der Waals surface area (Å²) >= 11 is 5.81. The van der Waals surface area contributed by atoms with Gasteiger partial charge in [-0.15, -0.1) is 0 Å². The molecule has 2 atom stereocenters. The highest BCUT2D eigenvalue weighted by atomic mass is 35.5. The SMILES string of the molecule is O=C(O)c1ccc2nc([C@H]3CC34CCN(c3nc(OCc5ccc(Cl)cc5F)ncc3F)CC4)n(C[C@@H]3CCO3)c2n1. The number of carboxylic acid groups (broad SMARTS) is 1. The Bertz CT molecular complexity index is 1690. The molecule has 0 amide bonds. The predicted molar refractivity (Wildman–Crippen MR) is 148 cm³/mol. The highest BCUT2D eigenvalue weighted by Gasteiger charge is 2.57. The molecule has 3 aromatic heterocycles. The Labute approximate surface area is 244 Å².